The van der Waals surface area contributed by atoms with Crippen LogP contribution in [0.1, 0.15) is 20.3 Å². The maximum Gasteiger partial charge on any atom is 0.163 e. The lowest BCUT2D eigenvalue weighted by Gasteiger charge is -2.17. The molecule has 2 unspecified atom stereocenters. The first-order valence-corrected chi connectivity index (χ1v) is 4.00. The van der Waals surface area contributed by atoms with E-state index in [0.29, 0.717) is 13.0 Å². The van der Waals surface area contributed by atoms with E-state index in [9.17, 15) is 0 Å². The average Bonchev–Trinajstić information content (AvgIpc) is 2.30. The van der Waals surface area contributed by atoms with Crippen LogP contribution in [-0.2, 0) is 9.47 Å². The lowest BCUT2D eigenvalue weighted by Crippen LogP contribution is -2.27. The van der Waals surface area contributed by atoms with E-state index >= 15 is 0 Å². The van der Waals surface area contributed by atoms with E-state index in [1.807, 2.05) is 19.9 Å². The monoisotopic (exact) mass is 170 g/mol. The molecule has 1 fully saturated rings. The van der Waals surface area contributed by atoms with Gasteiger partial charge in [-0.15, -0.1) is 0 Å². The first kappa shape index (κ1) is 9.46. The Morgan fingerprint density at radius 1 is 1.75 bits per heavy atom. The zero-order chi connectivity index (χ0) is 9.19. The predicted octanol–water partition coefficient (Wildman–Crippen LogP) is 0.379. The SMILES string of the molecule is CC1(C)OCC(CC(N)C#N)O1. The number of hydrogen-bond donors (Lipinski definition) is 1. The largest absolute Gasteiger partial charge is 0.348 e. The van der Waals surface area contributed by atoms with Gasteiger partial charge >= 0.3 is 0 Å². The first-order chi connectivity index (χ1) is 5.53. The number of nitriles is 1. The van der Waals surface area contributed by atoms with E-state index in [-0.39, 0.29) is 6.10 Å². The average molecular weight is 170 g/mol. The summed E-state index contributed by atoms with van der Waals surface area (Å²) in [4.78, 5) is 0. The molecule has 0 amide bonds. The van der Waals surface area contributed by atoms with Crippen LogP contribution < -0.4 is 5.73 Å². The number of hydrogen-bond acceptors (Lipinski definition) is 4. The normalized spacial score (nSPS) is 29.7. The molecule has 1 aliphatic rings. The molecule has 1 aliphatic heterocycles. The van der Waals surface area contributed by atoms with Crippen molar-refractivity contribution in [3.8, 4) is 6.07 Å². The number of rotatable bonds is 2. The summed E-state index contributed by atoms with van der Waals surface area (Å²) in [5.74, 6) is -0.514. The van der Waals surface area contributed by atoms with E-state index in [4.69, 9.17) is 20.5 Å². The van der Waals surface area contributed by atoms with Gasteiger partial charge in [0, 0.05) is 6.42 Å². The molecule has 2 atom stereocenters. The summed E-state index contributed by atoms with van der Waals surface area (Å²) in [6, 6.07) is 1.51. The molecule has 4 heteroatoms. The van der Waals surface area contributed by atoms with Crippen molar-refractivity contribution in [3.63, 3.8) is 0 Å². The summed E-state index contributed by atoms with van der Waals surface area (Å²) in [6.07, 6.45) is 0.509. The quantitative estimate of drug-likeness (QED) is 0.650. The molecular formula is C8H14N2O2. The standard InChI is InChI=1S/C8H14N2O2/c1-8(2)11-5-7(12-8)3-6(10)4-9/h6-7H,3,5,10H2,1-2H3. The molecule has 4 nitrogen and oxygen atoms in total. The lowest BCUT2D eigenvalue weighted by molar-refractivity contribution is -0.139. The third-order valence-electron chi connectivity index (χ3n) is 1.75. The Morgan fingerprint density at radius 2 is 2.42 bits per heavy atom. The highest BCUT2D eigenvalue weighted by Gasteiger charge is 2.33. The van der Waals surface area contributed by atoms with Crippen LogP contribution in [-0.4, -0.2) is 24.5 Å². The Kier molecular flexibility index (Phi) is 2.68. The van der Waals surface area contributed by atoms with E-state index in [2.05, 4.69) is 0 Å². The summed E-state index contributed by atoms with van der Waals surface area (Å²) >= 11 is 0. The van der Waals surface area contributed by atoms with Gasteiger partial charge in [-0.2, -0.15) is 5.26 Å². The molecule has 0 aliphatic carbocycles. The Morgan fingerprint density at radius 3 is 2.83 bits per heavy atom. The fourth-order valence-electron chi connectivity index (χ4n) is 1.22. The lowest BCUT2D eigenvalue weighted by atomic mass is 10.1. The van der Waals surface area contributed by atoms with Gasteiger partial charge in [0.1, 0.15) is 0 Å². The number of nitrogens with zero attached hydrogens (tertiary/aromatic N) is 1. The highest BCUT2D eigenvalue weighted by Crippen LogP contribution is 2.24. The van der Waals surface area contributed by atoms with Crippen LogP contribution in [0.2, 0.25) is 0 Å². The third kappa shape index (κ3) is 2.45. The van der Waals surface area contributed by atoms with Crippen molar-refractivity contribution in [2.24, 2.45) is 5.73 Å². The van der Waals surface area contributed by atoms with Crippen LogP contribution in [0.15, 0.2) is 0 Å². The summed E-state index contributed by atoms with van der Waals surface area (Å²) in [7, 11) is 0. The van der Waals surface area contributed by atoms with E-state index in [1.165, 1.54) is 0 Å². The molecule has 0 bridgehead atoms. The van der Waals surface area contributed by atoms with Gasteiger partial charge < -0.3 is 15.2 Å². The third-order valence-corrected chi connectivity index (χ3v) is 1.75. The van der Waals surface area contributed by atoms with Crippen molar-refractivity contribution in [2.75, 3.05) is 6.61 Å². The van der Waals surface area contributed by atoms with Crippen LogP contribution in [0.3, 0.4) is 0 Å². The summed E-state index contributed by atoms with van der Waals surface area (Å²) in [5, 5.41) is 8.45. The van der Waals surface area contributed by atoms with Crippen LogP contribution in [0.25, 0.3) is 0 Å². The van der Waals surface area contributed by atoms with Crippen LogP contribution >= 0.6 is 0 Å². The van der Waals surface area contributed by atoms with Crippen LogP contribution in [0.5, 0.6) is 0 Å². The van der Waals surface area contributed by atoms with Gasteiger partial charge in [0.05, 0.1) is 24.8 Å². The van der Waals surface area contributed by atoms with Crippen molar-refractivity contribution in [1.29, 1.82) is 5.26 Å². The molecule has 1 heterocycles. The molecule has 12 heavy (non-hydrogen) atoms. The maximum atomic E-state index is 8.45. The Labute approximate surface area is 72.2 Å². The van der Waals surface area contributed by atoms with Crippen LogP contribution in [0.4, 0.5) is 0 Å². The molecule has 0 aromatic carbocycles. The van der Waals surface area contributed by atoms with E-state index < -0.39 is 11.8 Å². The van der Waals surface area contributed by atoms with Gasteiger partial charge in [0.15, 0.2) is 5.79 Å². The van der Waals surface area contributed by atoms with Gasteiger partial charge in [0.2, 0.25) is 0 Å². The summed E-state index contributed by atoms with van der Waals surface area (Å²) in [6.45, 7) is 4.23. The van der Waals surface area contributed by atoms with Crippen molar-refractivity contribution < 1.29 is 9.47 Å². The van der Waals surface area contributed by atoms with Gasteiger partial charge in [-0.25, -0.2) is 0 Å². The zero-order valence-corrected chi connectivity index (χ0v) is 7.41. The molecule has 0 radical (unpaired) electrons. The molecule has 0 aromatic heterocycles. The Balaban J connectivity index is 2.34. The van der Waals surface area contributed by atoms with Gasteiger partial charge in [-0.3, -0.25) is 0 Å². The topological polar surface area (TPSA) is 68.3 Å². The minimum atomic E-state index is -0.514. The summed E-state index contributed by atoms with van der Waals surface area (Å²) < 4.78 is 10.8. The minimum absolute atomic E-state index is 0.0327. The molecular weight excluding hydrogens is 156 g/mol. The molecule has 1 saturated heterocycles. The fraction of sp³-hybridized carbons (Fsp3) is 0.875. The second-order valence-corrected chi connectivity index (χ2v) is 3.42. The molecule has 1 rings (SSSR count). The molecule has 0 aromatic rings. The summed E-state index contributed by atoms with van der Waals surface area (Å²) in [5.41, 5.74) is 5.44. The van der Waals surface area contributed by atoms with Gasteiger partial charge in [-0.05, 0) is 13.8 Å². The van der Waals surface area contributed by atoms with Crippen molar-refractivity contribution in [3.05, 3.63) is 0 Å². The second-order valence-electron chi connectivity index (χ2n) is 3.42. The van der Waals surface area contributed by atoms with Gasteiger partial charge in [-0.1, -0.05) is 0 Å². The maximum absolute atomic E-state index is 8.45. The van der Waals surface area contributed by atoms with Crippen LogP contribution in [0, 0.1) is 11.3 Å². The molecule has 0 saturated carbocycles. The Hall–Kier alpha value is -0.630. The first-order valence-electron chi connectivity index (χ1n) is 4.00. The Bertz CT molecular complexity index is 198. The van der Waals surface area contributed by atoms with Crippen molar-refractivity contribution in [2.45, 2.75) is 38.2 Å². The number of nitrogens with two attached hydrogens (primary N) is 1. The minimum Gasteiger partial charge on any atom is -0.348 e. The van der Waals surface area contributed by atoms with E-state index in [0.717, 1.165) is 0 Å². The highest BCUT2D eigenvalue weighted by atomic mass is 16.7. The molecule has 68 valence electrons. The smallest absolute Gasteiger partial charge is 0.163 e. The fourth-order valence-corrected chi connectivity index (χ4v) is 1.22. The number of ether oxygens (including phenoxy) is 2. The van der Waals surface area contributed by atoms with E-state index in [1.54, 1.807) is 0 Å². The zero-order valence-electron chi connectivity index (χ0n) is 7.41. The van der Waals surface area contributed by atoms with Gasteiger partial charge in [0.25, 0.3) is 0 Å². The molecule has 2 N–H and O–H groups in total. The second kappa shape index (κ2) is 3.40. The van der Waals surface area contributed by atoms with Crippen molar-refractivity contribution >= 4 is 0 Å². The van der Waals surface area contributed by atoms with Crippen molar-refractivity contribution in [1.82, 2.24) is 0 Å². The highest BCUT2D eigenvalue weighted by molar-refractivity contribution is 4.89. The molecule has 0 spiro atoms. The predicted molar refractivity (Wildman–Crippen MR) is 43.1 cm³/mol.